The molecule has 1 aliphatic heterocycles. The van der Waals surface area contributed by atoms with Gasteiger partial charge >= 0.3 is 0 Å². The number of nitrogens with one attached hydrogen (secondary N) is 1. The van der Waals surface area contributed by atoms with Gasteiger partial charge in [0.1, 0.15) is 36.6 Å². The number of hydrogen-bond donors (Lipinski definition) is 8. The second-order valence-corrected chi connectivity index (χ2v) is 27.8. The number of carbonyl (C=O) groups is 1. The minimum absolute atomic E-state index is 0.260. The maximum Gasteiger partial charge on any atom is 0.249 e. The minimum atomic E-state index is -1.67. The van der Waals surface area contributed by atoms with Crippen molar-refractivity contribution in [3.05, 3.63) is 12.2 Å². The third kappa shape index (κ3) is 52.3. The summed E-state index contributed by atoms with van der Waals surface area (Å²) < 4.78 is 11.2. The summed E-state index contributed by atoms with van der Waals surface area (Å²) in [6.07, 6.45) is 71.9. The van der Waals surface area contributed by atoms with Crippen LogP contribution >= 0.6 is 0 Å². The number of ether oxygens (including phenoxy) is 2. The predicted octanol–water partition coefficient (Wildman–Crippen LogP) is 19.8. The highest BCUT2D eigenvalue weighted by molar-refractivity contribution is 5.80. The summed E-state index contributed by atoms with van der Waals surface area (Å²) in [6, 6.07) is -1.18. The first-order valence-electron chi connectivity index (χ1n) is 39.1. The largest absolute Gasteiger partial charge is 0.394 e. The minimum Gasteiger partial charge on any atom is -0.394 e. The highest BCUT2D eigenvalue weighted by atomic mass is 16.7. The van der Waals surface area contributed by atoms with Gasteiger partial charge in [-0.3, -0.25) is 4.79 Å². The number of allylic oxidation sites excluding steroid dienone is 2. The van der Waals surface area contributed by atoms with Crippen molar-refractivity contribution in [3.63, 3.8) is 0 Å². The van der Waals surface area contributed by atoms with Crippen molar-refractivity contribution in [3.8, 4) is 0 Å². The summed E-state index contributed by atoms with van der Waals surface area (Å²) in [6.45, 7) is 3.52. The fourth-order valence-corrected chi connectivity index (χ4v) is 13.1. The summed E-state index contributed by atoms with van der Waals surface area (Å²) >= 11 is 0. The fourth-order valence-electron chi connectivity index (χ4n) is 13.1. The molecule has 1 aliphatic rings. The number of amides is 1. The quantitative estimate of drug-likeness (QED) is 0.0215. The number of unbranched alkanes of at least 4 members (excludes halogenated alkanes) is 56. The molecule has 0 aliphatic carbocycles. The molecule has 0 bridgehead atoms. The molecular formula is C77H151NO10. The molecule has 1 fully saturated rings. The van der Waals surface area contributed by atoms with Gasteiger partial charge in [0.05, 0.1) is 25.4 Å². The van der Waals surface area contributed by atoms with Crippen LogP contribution in [0.2, 0.25) is 0 Å². The van der Waals surface area contributed by atoms with Crippen molar-refractivity contribution in [2.45, 2.75) is 461 Å². The molecule has 1 heterocycles. The molecule has 524 valence electrons. The van der Waals surface area contributed by atoms with Crippen molar-refractivity contribution in [2.24, 2.45) is 0 Å². The van der Waals surface area contributed by atoms with Crippen molar-refractivity contribution < 1.29 is 50.0 Å². The van der Waals surface area contributed by atoms with Crippen LogP contribution in [0.25, 0.3) is 0 Å². The van der Waals surface area contributed by atoms with Crippen LogP contribution < -0.4 is 5.32 Å². The van der Waals surface area contributed by atoms with Crippen LogP contribution in [-0.2, 0) is 14.3 Å². The van der Waals surface area contributed by atoms with Gasteiger partial charge in [0.25, 0.3) is 0 Å². The van der Waals surface area contributed by atoms with Crippen molar-refractivity contribution in [2.75, 3.05) is 13.2 Å². The Hall–Kier alpha value is -1.15. The zero-order valence-electron chi connectivity index (χ0n) is 58.3. The molecule has 11 heteroatoms. The summed E-state index contributed by atoms with van der Waals surface area (Å²) in [5, 5.41) is 76.7. The Kier molecular flexibility index (Phi) is 63.5. The van der Waals surface area contributed by atoms with Gasteiger partial charge in [-0.1, -0.05) is 379 Å². The van der Waals surface area contributed by atoms with Gasteiger partial charge in [0, 0.05) is 0 Å². The molecule has 1 amide bonds. The average molecular weight is 1250 g/mol. The average Bonchev–Trinajstić information content (AvgIpc) is 3.73. The van der Waals surface area contributed by atoms with Crippen LogP contribution in [0.3, 0.4) is 0 Å². The Balaban J connectivity index is 2.15. The number of rotatable bonds is 70. The lowest BCUT2D eigenvalue weighted by Gasteiger charge is -2.40. The van der Waals surface area contributed by atoms with Gasteiger partial charge in [-0.2, -0.15) is 0 Å². The topological polar surface area (TPSA) is 189 Å². The summed E-state index contributed by atoms with van der Waals surface area (Å²) in [7, 11) is 0. The molecule has 0 aromatic rings. The highest BCUT2D eigenvalue weighted by Crippen LogP contribution is 2.24. The lowest BCUT2D eigenvalue weighted by atomic mass is 9.98. The van der Waals surface area contributed by atoms with E-state index in [1.165, 1.54) is 334 Å². The van der Waals surface area contributed by atoms with E-state index < -0.39 is 74.2 Å². The maximum atomic E-state index is 13.3. The summed E-state index contributed by atoms with van der Waals surface area (Å²) in [5.41, 5.74) is 0. The number of aliphatic hydroxyl groups is 7. The van der Waals surface area contributed by atoms with Crippen LogP contribution in [0.1, 0.15) is 406 Å². The molecule has 1 saturated heterocycles. The van der Waals surface area contributed by atoms with E-state index >= 15 is 0 Å². The van der Waals surface area contributed by atoms with E-state index in [1.54, 1.807) is 0 Å². The molecule has 9 unspecified atom stereocenters. The van der Waals surface area contributed by atoms with E-state index in [0.29, 0.717) is 12.8 Å². The standard InChI is InChI=1S/C77H151NO10/c1-3-5-7-9-11-13-15-17-19-21-23-25-27-29-31-33-35-37-38-40-42-44-46-48-50-52-54-56-58-60-62-64-69(80)72(82)68(67-87-77-75(85)74(84)73(83)71(66-79)88-77)78-76(86)70(81)65-63-61-59-57-55-53-51-49-47-45-43-41-39-36-34-32-30-28-26-24-22-20-18-16-14-12-10-8-6-4-2/h56,58,68-75,77,79-85H,3-55,57,59-67H2,1-2H3,(H,78,86)/b58-56+. The lowest BCUT2D eigenvalue weighted by molar-refractivity contribution is -0.303. The van der Waals surface area contributed by atoms with Gasteiger partial charge in [-0.15, -0.1) is 0 Å². The molecule has 0 spiro atoms. The van der Waals surface area contributed by atoms with E-state index in [9.17, 15) is 40.5 Å². The third-order valence-electron chi connectivity index (χ3n) is 19.3. The van der Waals surface area contributed by atoms with Crippen molar-refractivity contribution in [1.82, 2.24) is 5.32 Å². The van der Waals surface area contributed by atoms with Crippen LogP contribution in [-0.4, -0.2) is 110 Å². The van der Waals surface area contributed by atoms with Gasteiger partial charge in [-0.05, 0) is 38.5 Å². The fraction of sp³-hybridized carbons (Fsp3) is 0.961. The molecule has 1 rings (SSSR count). The third-order valence-corrected chi connectivity index (χ3v) is 19.3. The molecule has 0 saturated carbocycles. The number of hydrogen-bond acceptors (Lipinski definition) is 10. The first-order chi connectivity index (χ1) is 43.2. The second-order valence-electron chi connectivity index (χ2n) is 27.8. The van der Waals surface area contributed by atoms with Crippen molar-refractivity contribution >= 4 is 5.91 Å². The Morgan fingerprint density at radius 1 is 0.386 bits per heavy atom. The molecule has 0 radical (unpaired) electrons. The Morgan fingerprint density at radius 2 is 0.670 bits per heavy atom. The summed E-state index contributed by atoms with van der Waals surface area (Å²) in [5.74, 6) is -0.696. The first kappa shape index (κ1) is 84.9. The lowest BCUT2D eigenvalue weighted by Crippen LogP contribution is -2.60. The van der Waals surface area contributed by atoms with E-state index in [1.807, 2.05) is 0 Å². The van der Waals surface area contributed by atoms with Crippen LogP contribution in [0, 0.1) is 0 Å². The van der Waals surface area contributed by atoms with Gasteiger partial charge in [-0.25, -0.2) is 0 Å². The zero-order valence-corrected chi connectivity index (χ0v) is 58.3. The van der Waals surface area contributed by atoms with Gasteiger partial charge < -0.3 is 50.5 Å². The van der Waals surface area contributed by atoms with E-state index in [2.05, 4.69) is 31.3 Å². The maximum absolute atomic E-state index is 13.3. The van der Waals surface area contributed by atoms with Gasteiger partial charge in [0.15, 0.2) is 6.29 Å². The smallest absolute Gasteiger partial charge is 0.249 e. The number of aliphatic hydroxyl groups excluding tert-OH is 7. The Morgan fingerprint density at radius 3 is 0.977 bits per heavy atom. The van der Waals surface area contributed by atoms with Crippen LogP contribution in [0.4, 0.5) is 0 Å². The molecule has 88 heavy (non-hydrogen) atoms. The highest BCUT2D eigenvalue weighted by Gasteiger charge is 2.44. The number of carbonyl (C=O) groups excluding carboxylic acids is 1. The normalized spacial score (nSPS) is 18.6. The Labute approximate surface area is 544 Å². The first-order valence-corrected chi connectivity index (χ1v) is 39.1. The predicted molar refractivity (Wildman–Crippen MR) is 372 cm³/mol. The Bertz CT molecular complexity index is 1440. The SMILES string of the molecule is CCCCCCCCCCCCCCCCCCCCCCCCCCCC/C=C/CCCC(O)C(O)C(COC1OC(CO)C(O)C(O)C1O)NC(=O)C(O)CCCCCCCCCCCCCCCCCCCCCCCCCCCCCCCC. The molecule has 0 aromatic carbocycles. The van der Waals surface area contributed by atoms with E-state index in [4.69, 9.17) is 9.47 Å². The molecule has 11 nitrogen and oxygen atoms in total. The van der Waals surface area contributed by atoms with E-state index in [-0.39, 0.29) is 12.8 Å². The van der Waals surface area contributed by atoms with Crippen molar-refractivity contribution in [1.29, 1.82) is 0 Å². The summed E-state index contributed by atoms with van der Waals surface area (Å²) in [4.78, 5) is 13.3. The van der Waals surface area contributed by atoms with Gasteiger partial charge in [0.2, 0.25) is 5.91 Å². The van der Waals surface area contributed by atoms with Crippen LogP contribution in [0.15, 0.2) is 12.2 Å². The van der Waals surface area contributed by atoms with E-state index in [0.717, 1.165) is 32.1 Å². The van der Waals surface area contributed by atoms with Crippen LogP contribution in [0.5, 0.6) is 0 Å². The zero-order chi connectivity index (χ0) is 63.9. The molecule has 8 N–H and O–H groups in total. The second kappa shape index (κ2) is 65.9. The monoisotopic (exact) mass is 1250 g/mol. The molecule has 9 atom stereocenters. The molecular weight excluding hydrogens is 1100 g/mol. The molecule has 0 aromatic heterocycles.